The van der Waals surface area contributed by atoms with Crippen molar-refractivity contribution in [2.24, 2.45) is 0 Å². The minimum absolute atomic E-state index is 0.0467. The zero-order valence-corrected chi connectivity index (χ0v) is 21.7. The van der Waals surface area contributed by atoms with E-state index in [1.54, 1.807) is 6.07 Å². The van der Waals surface area contributed by atoms with E-state index in [9.17, 15) is 18.5 Å². The van der Waals surface area contributed by atoms with Gasteiger partial charge in [0.25, 0.3) is 15.6 Å². The van der Waals surface area contributed by atoms with Crippen LogP contribution >= 0.6 is 11.6 Å². The molecule has 1 N–H and O–H groups in total. The SMILES string of the molecule is COc1cc(-c2ccc(Cl)c(C#N)c2)c(F)cc1-n1c(=O)ccc2cc(S(=O)(=O)Nc3cccnn3)ccc21. The quantitative estimate of drug-likeness (QED) is 0.312. The third-order valence-electron chi connectivity index (χ3n) is 5.89. The Kier molecular flexibility index (Phi) is 6.74. The molecule has 0 atom stereocenters. The van der Waals surface area contributed by atoms with E-state index in [0.717, 1.165) is 6.07 Å². The second-order valence-electron chi connectivity index (χ2n) is 8.25. The number of ether oxygens (including phenoxy) is 1. The van der Waals surface area contributed by atoms with Gasteiger partial charge in [-0.2, -0.15) is 10.4 Å². The van der Waals surface area contributed by atoms with Crippen molar-refractivity contribution in [3.05, 3.63) is 106 Å². The molecule has 0 aliphatic rings. The van der Waals surface area contributed by atoms with Gasteiger partial charge in [0.2, 0.25) is 0 Å². The van der Waals surface area contributed by atoms with Crippen molar-refractivity contribution in [3.63, 3.8) is 0 Å². The molecule has 0 spiro atoms. The molecular formula is C27H17ClFN5O4S. The first-order chi connectivity index (χ1) is 18.7. The summed E-state index contributed by atoms with van der Waals surface area (Å²) in [5.74, 6) is -0.450. The summed E-state index contributed by atoms with van der Waals surface area (Å²) in [5.41, 5.74) is 0.664. The molecule has 0 aliphatic heterocycles. The van der Waals surface area contributed by atoms with Crippen LogP contribution < -0.4 is 15.0 Å². The summed E-state index contributed by atoms with van der Waals surface area (Å²) >= 11 is 6.01. The lowest BCUT2D eigenvalue weighted by atomic mass is 10.0. The van der Waals surface area contributed by atoms with Gasteiger partial charge >= 0.3 is 0 Å². The Balaban J connectivity index is 1.63. The van der Waals surface area contributed by atoms with E-state index in [0.29, 0.717) is 16.5 Å². The summed E-state index contributed by atoms with van der Waals surface area (Å²) in [6.07, 6.45) is 1.41. The number of aromatic nitrogens is 3. The highest BCUT2D eigenvalue weighted by molar-refractivity contribution is 7.92. The van der Waals surface area contributed by atoms with Gasteiger partial charge in [0.05, 0.1) is 33.8 Å². The van der Waals surface area contributed by atoms with E-state index in [1.807, 2.05) is 6.07 Å². The maximum atomic E-state index is 15.4. The summed E-state index contributed by atoms with van der Waals surface area (Å²) in [7, 11) is -2.64. The number of methoxy groups -OCH3 is 1. The number of halogens is 2. The van der Waals surface area contributed by atoms with Gasteiger partial charge in [0, 0.05) is 29.3 Å². The van der Waals surface area contributed by atoms with Crippen LogP contribution in [0.5, 0.6) is 5.75 Å². The Morgan fingerprint density at radius 3 is 2.62 bits per heavy atom. The first kappa shape index (κ1) is 25.8. The molecule has 0 fully saturated rings. The number of benzene rings is 3. The predicted octanol–water partition coefficient (Wildman–Crippen LogP) is 4.92. The van der Waals surface area contributed by atoms with Crippen LogP contribution in [0, 0.1) is 17.1 Å². The number of hydrogen-bond acceptors (Lipinski definition) is 7. The van der Waals surface area contributed by atoms with Crippen molar-refractivity contribution in [3.8, 4) is 28.6 Å². The molecule has 0 bridgehead atoms. The van der Waals surface area contributed by atoms with Crippen LogP contribution in [-0.2, 0) is 10.0 Å². The average Bonchev–Trinajstić information content (AvgIpc) is 2.93. The summed E-state index contributed by atoms with van der Waals surface area (Å²) in [6, 6.07) is 18.9. The van der Waals surface area contributed by atoms with Gasteiger partial charge < -0.3 is 4.74 Å². The molecule has 9 nitrogen and oxygen atoms in total. The highest BCUT2D eigenvalue weighted by Gasteiger charge is 2.20. The molecule has 0 aliphatic carbocycles. The number of fused-ring (bicyclic) bond motifs is 1. The number of anilines is 1. The summed E-state index contributed by atoms with van der Waals surface area (Å²) in [6.45, 7) is 0. The van der Waals surface area contributed by atoms with Crippen LogP contribution in [0.3, 0.4) is 0 Å². The molecule has 3 aromatic carbocycles. The number of hydrogen-bond donors (Lipinski definition) is 1. The minimum atomic E-state index is -4.01. The molecule has 12 heteroatoms. The van der Waals surface area contributed by atoms with Gasteiger partial charge in [-0.05, 0) is 60.2 Å². The maximum absolute atomic E-state index is 15.4. The molecule has 0 amide bonds. The van der Waals surface area contributed by atoms with E-state index in [2.05, 4.69) is 14.9 Å². The Hall–Kier alpha value is -4.79. The maximum Gasteiger partial charge on any atom is 0.263 e. The number of pyridine rings is 1. The minimum Gasteiger partial charge on any atom is -0.495 e. The van der Waals surface area contributed by atoms with Gasteiger partial charge in [0.15, 0.2) is 5.82 Å². The Bertz CT molecular complexity index is 1960. The van der Waals surface area contributed by atoms with Crippen LogP contribution in [0.1, 0.15) is 5.56 Å². The summed E-state index contributed by atoms with van der Waals surface area (Å²) < 4.78 is 50.3. The van der Waals surface area contributed by atoms with E-state index in [1.165, 1.54) is 78.5 Å². The van der Waals surface area contributed by atoms with Crippen LogP contribution in [0.25, 0.3) is 27.7 Å². The fourth-order valence-electron chi connectivity index (χ4n) is 4.07. The number of nitrogens with zero attached hydrogens (tertiary/aromatic N) is 4. The summed E-state index contributed by atoms with van der Waals surface area (Å²) in [5, 5.41) is 17.3. The molecule has 2 heterocycles. The number of rotatable bonds is 6. The molecule has 0 radical (unpaired) electrons. The molecule has 2 aromatic heterocycles. The fraction of sp³-hybridized carbons (Fsp3) is 0.0370. The number of nitrogens with one attached hydrogen (secondary N) is 1. The Labute approximate surface area is 226 Å². The third-order valence-corrected chi connectivity index (χ3v) is 7.58. The molecule has 0 saturated heterocycles. The van der Waals surface area contributed by atoms with E-state index >= 15 is 4.39 Å². The van der Waals surface area contributed by atoms with E-state index in [-0.39, 0.29) is 38.3 Å². The van der Waals surface area contributed by atoms with Gasteiger partial charge in [-0.15, -0.1) is 5.10 Å². The predicted molar refractivity (Wildman–Crippen MR) is 144 cm³/mol. The van der Waals surface area contributed by atoms with Gasteiger partial charge in [0.1, 0.15) is 17.6 Å². The van der Waals surface area contributed by atoms with Crippen LogP contribution in [0.4, 0.5) is 10.2 Å². The molecule has 194 valence electrons. The first-order valence-corrected chi connectivity index (χ1v) is 13.1. The molecular weight excluding hydrogens is 545 g/mol. The topological polar surface area (TPSA) is 127 Å². The van der Waals surface area contributed by atoms with Crippen molar-refractivity contribution in [1.82, 2.24) is 14.8 Å². The standard InChI is InChI=1S/C27H17ClFN5O4S/c1-38-25-13-20(16-4-7-21(28)18(11-16)15-30)22(29)14-24(25)34-23-8-6-19(12-17(23)5-9-27(34)35)39(36,37)33-26-3-2-10-31-32-26/h2-14H,1H3,(H,32,33). The lowest BCUT2D eigenvalue weighted by Gasteiger charge is -2.17. The largest absolute Gasteiger partial charge is 0.495 e. The molecule has 0 saturated carbocycles. The lowest BCUT2D eigenvalue weighted by Crippen LogP contribution is -2.19. The highest BCUT2D eigenvalue weighted by atomic mass is 35.5. The highest BCUT2D eigenvalue weighted by Crippen LogP contribution is 2.35. The van der Waals surface area contributed by atoms with Crippen LogP contribution in [0.2, 0.25) is 5.02 Å². The second-order valence-corrected chi connectivity index (χ2v) is 10.3. The smallest absolute Gasteiger partial charge is 0.263 e. The van der Waals surface area contributed by atoms with Gasteiger partial charge in [-0.3, -0.25) is 14.1 Å². The van der Waals surface area contributed by atoms with Crippen LogP contribution in [-0.4, -0.2) is 30.3 Å². The fourth-order valence-corrected chi connectivity index (χ4v) is 5.26. The molecule has 5 rings (SSSR count). The molecule has 39 heavy (non-hydrogen) atoms. The van der Waals surface area contributed by atoms with Crippen LogP contribution in [0.15, 0.2) is 88.7 Å². The first-order valence-electron chi connectivity index (χ1n) is 11.3. The van der Waals surface area contributed by atoms with Crippen molar-refractivity contribution in [2.75, 3.05) is 11.8 Å². The van der Waals surface area contributed by atoms with E-state index < -0.39 is 21.4 Å². The van der Waals surface area contributed by atoms with Gasteiger partial charge in [-0.1, -0.05) is 17.7 Å². The third kappa shape index (κ3) is 4.90. The summed E-state index contributed by atoms with van der Waals surface area (Å²) in [4.78, 5) is 12.9. The van der Waals surface area contributed by atoms with Crippen molar-refractivity contribution >= 4 is 38.3 Å². The Morgan fingerprint density at radius 1 is 1.08 bits per heavy atom. The van der Waals surface area contributed by atoms with Crippen molar-refractivity contribution in [2.45, 2.75) is 4.90 Å². The monoisotopic (exact) mass is 561 g/mol. The van der Waals surface area contributed by atoms with Gasteiger partial charge in [-0.25, -0.2) is 12.8 Å². The average molecular weight is 562 g/mol. The zero-order valence-electron chi connectivity index (χ0n) is 20.1. The van der Waals surface area contributed by atoms with E-state index in [4.69, 9.17) is 16.3 Å². The number of nitriles is 1. The lowest BCUT2D eigenvalue weighted by molar-refractivity contribution is 0.412. The van der Waals surface area contributed by atoms with Crippen molar-refractivity contribution in [1.29, 1.82) is 5.26 Å². The molecule has 0 unspecified atom stereocenters. The van der Waals surface area contributed by atoms with Crippen molar-refractivity contribution < 1.29 is 17.5 Å². The second kappa shape index (κ2) is 10.2. The zero-order chi connectivity index (χ0) is 27.7. The molecule has 5 aromatic rings. The normalized spacial score (nSPS) is 11.2. The number of sulfonamides is 1. The Morgan fingerprint density at radius 2 is 1.90 bits per heavy atom.